The molecule has 0 bridgehead atoms. The number of rotatable bonds is 3. The Balaban J connectivity index is 1.13. The number of carbonyl (C=O) groups excluding carboxylic acids is 1. The van der Waals surface area contributed by atoms with Gasteiger partial charge in [0.15, 0.2) is 0 Å². The van der Waals surface area contributed by atoms with E-state index in [-0.39, 0.29) is 6.61 Å². The number of aryl methyl sites for hydroxylation is 1. The number of nitrogens with zero attached hydrogens (tertiary/aromatic N) is 1. The van der Waals surface area contributed by atoms with E-state index in [0.29, 0.717) is 0 Å². The summed E-state index contributed by atoms with van der Waals surface area (Å²) in [5.41, 5.74) is 3.00. The largest absolute Gasteiger partial charge is 0.463 e. The van der Waals surface area contributed by atoms with Gasteiger partial charge in [-0.1, -0.05) is 29.8 Å². The highest BCUT2D eigenvalue weighted by atomic mass is 16.6. The highest BCUT2D eigenvalue weighted by Gasteiger charge is 2.86. The molecule has 1 aliphatic heterocycles. The van der Waals surface area contributed by atoms with Crippen molar-refractivity contribution >= 4 is 297 Å². The van der Waals surface area contributed by atoms with Gasteiger partial charge in [0.05, 0.1) is 17.4 Å². The molecule has 29 aromatic carbocycles. The van der Waals surface area contributed by atoms with Gasteiger partial charge in [0.1, 0.15) is 12.2 Å². The lowest BCUT2D eigenvalue weighted by molar-refractivity contribution is -0.166. The van der Waals surface area contributed by atoms with E-state index in [1.807, 2.05) is 6.92 Å². The first-order valence-electron chi connectivity index (χ1n) is 28.2. The van der Waals surface area contributed by atoms with Crippen LogP contribution in [-0.2, 0) is 25.1 Å². The Morgan fingerprint density at radius 3 is 0.831 bits per heavy atom. The Hall–Kier alpha value is -9.40. The molecule has 0 saturated carbocycles. The van der Waals surface area contributed by atoms with Crippen molar-refractivity contribution in [2.24, 2.45) is 0 Å². The molecular formula is C73H13NO3. The van der Waals surface area contributed by atoms with Crippen molar-refractivity contribution in [3.05, 3.63) is 57.6 Å². The third-order valence-corrected chi connectivity index (χ3v) is 26.7. The second-order valence-electron chi connectivity index (χ2n) is 27.2. The van der Waals surface area contributed by atoms with Crippen LogP contribution in [0.25, 0.3) is 291 Å². The summed E-state index contributed by atoms with van der Waals surface area (Å²) in [5.74, 6) is -0.533. The molecule has 0 amide bonds. The summed E-state index contributed by atoms with van der Waals surface area (Å²) in [5, 5.41) is 93.3. The lowest BCUT2D eigenvalue weighted by Gasteiger charge is -2.53. The Kier molecular flexibility index (Phi) is 2.74. The van der Waals surface area contributed by atoms with Crippen molar-refractivity contribution in [2.75, 3.05) is 6.61 Å². The first kappa shape index (κ1) is 30.2. The Morgan fingerprint density at radius 1 is 0.390 bits per heavy atom. The zero-order chi connectivity index (χ0) is 47.0. The summed E-state index contributed by atoms with van der Waals surface area (Å²) in [6, 6.07) is 12.1. The molecule has 4 heteroatoms. The van der Waals surface area contributed by atoms with Crippen LogP contribution in [0.4, 0.5) is 0 Å². The number of ether oxygens (including phenoxy) is 2. The molecule has 1 saturated heterocycles. The highest BCUT2D eigenvalue weighted by Crippen LogP contribution is 2.89. The average molecular weight is 952 g/mol. The zero-order valence-electron chi connectivity index (χ0n) is 39.8. The monoisotopic (exact) mass is 951 g/mol. The molecule has 4 nitrogen and oxygen atoms in total. The van der Waals surface area contributed by atoms with Gasteiger partial charge in [-0.05, 0) is 333 Å². The van der Waals surface area contributed by atoms with E-state index in [4.69, 9.17) is 9.47 Å². The molecule has 1 heterocycles. The molecule has 0 N–H and O–H groups in total. The lowest BCUT2D eigenvalue weighted by atomic mass is 9.43. The molecule has 0 unspecified atom stereocenters. The number of hydrogen-bond donors (Lipinski definition) is 0. The number of carbonyl (C=O) groups is 1. The summed E-state index contributed by atoms with van der Waals surface area (Å²) in [7, 11) is 0. The van der Waals surface area contributed by atoms with Crippen LogP contribution >= 0.6 is 0 Å². The topological polar surface area (TPSA) is 59.3 Å². The minimum Gasteiger partial charge on any atom is -0.463 e. The molecule has 34 rings (SSSR count). The van der Waals surface area contributed by atoms with Gasteiger partial charge in [-0.3, -0.25) is 0 Å². The van der Waals surface area contributed by atoms with E-state index >= 15 is 4.79 Å². The number of esters is 1. The normalized spacial score (nSPS) is 24.3. The summed E-state index contributed by atoms with van der Waals surface area (Å²) >= 11 is 0. The molecular weight excluding hydrogens is 939 g/mol. The van der Waals surface area contributed by atoms with E-state index < -0.39 is 28.5 Å². The maximum Gasteiger partial charge on any atom is 0.354 e. The molecule has 0 radical (unpaired) electrons. The van der Waals surface area contributed by atoms with Gasteiger partial charge in [-0.25, -0.2) is 4.79 Å². The predicted octanol–water partition coefficient (Wildman–Crippen LogP) is 18.2. The fraction of sp³-hybridized carbons (Fsp3) is 0.0959. The fourth-order valence-electron chi connectivity index (χ4n) is 26.4. The van der Waals surface area contributed by atoms with Crippen LogP contribution < -0.4 is 0 Å². The summed E-state index contributed by atoms with van der Waals surface area (Å²) < 4.78 is 14.8. The molecule has 0 aromatic heterocycles. The number of benzene rings is 19. The van der Waals surface area contributed by atoms with Crippen LogP contribution in [0.3, 0.4) is 0 Å². The van der Waals surface area contributed by atoms with E-state index in [9.17, 15) is 5.26 Å². The van der Waals surface area contributed by atoms with Crippen molar-refractivity contribution in [1.82, 2.24) is 0 Å². The molecule has 4 aliphatic carbocycles. The van der Waals surface area contributed by atoms with Crippen LogP contribution in [0, 0.1) is 18.3 Å². The summed E-state index contributed by atoms with van der Waals surface area (Å²) in [6.45, 7) is 4.24. The highest BCUT2D eigenvalue weighted by molar-refractivity contribution is 6.82. The van der Waals surface area contributed by atoms with Crippen LogP contribution in [-0.4, -0.2) is 18.2 Å². The van der Waals surface area contributed by atoms with Gasteiger partial charge in [-0.2, -0.15) is 5.26 Å². The van der Waals surface area contributed by atoms with Crippen molar-refractivity contribution in [1.29, 1.82) is 5.26 Å². The second kappa shape index (κ2) is 6.98. The average Bonchev–Trinajstić information content (AvgIpc) is 2.25. The molecule has 2 spiro atoms. The van der Waals surface area contributed by atoms with Crippen molar-refractivity contribution < 1.29 is 14.3 Å². The minimum absolute atomic E-state index is 0.153. The van der Waals surface area contributed by atoms with Crippen LogP contribution in [0.5, 0.6) is 0 Å². The van der Waals surface area contributed by atoms with E-state index in [1.165, 1.54) is 254 Å². The van der Waals surface area contributed by atoms with Crippen LogP contribution in [0.1, 0.15) is 46.4 Å². The molecule has 328 valence electrons. The standard InChI is InChI=1S/C73H13NO3/c1-3-76-70(75)71(8-74)73-67-61-55-45-33-25-17-13-11-12-15-19(17)27(33)37-31-23(15)24-16(12)20-18-14(11)22-21(13)29-35(25)43-49-39(29)40-30(22)36-26(18)34-28(20)38-32(24)42-41(31)53(47(37)55)63(67)64-54(42)48(38)56-46(34)52-44(36)50(40)58-57(49)65(59(61)51(43)45)72(73,66(58)60(52)62(56)68(64)73)69(77-71)10-6-4-9(2)5-7-10/h4-7,69H,3H2,1-2H3/t69-,71-,72?,73?/m1/s1. The van der Waals surface area contributed by atoms with E-state index in [0.717, 1.165) is 5.56 Å². The van der Waals surface area contributed by atoms with Crippen LogP contribution in [0.2, 0.25) is 0 Å². The van der Waals surface area contributed by atoms with Crippen LogP contribution in [0.15, 0.2) is 24.3 Å². The predicted molar refractivity (Wildman–Crippen MR) is 314 cm³/mol. The van der Waals surface area contributed by atoms with Gasteiger partial charge in [-0.15, -0.1) is 0 Å². The van der Waals surface area contributed by atoms with Crippen molar-refractivity contribution in [3.63, 3.8) is 0 Å². The molecule has 1 fully saturated rings. The summed E-state index contributed by atoms with van der Waals surface area (Å²) in [6.07, 6.45) is -0.692. The smallest absolute Gasteiger partial charge is 0.354 e. The van der Waals surface area contributed by atoms with E-state index in [1.54, 1.807) is 64.6 Å². The van der Waals surface area contributed by atoms with Crippen molar-refractivity contribution in [3.8, 4) is 6.07 Å². The molecule has 77 heavy (non-hydrogen) atoms. The van der Waals surface area contributed by atoms with Crippen molar-refractivity contribution in [2.45, 2.75) is 36.4 Å². The molecule has 5 aliphatic rings. The lowest BCUT2D eigenvalue weighted by Crippen LogP contribution is -2.63. The Morgan fingerprint density at radius 2 is 0.610 bits per heavy atom. The fourth-order valence-corrected chi connectivity index (χ4v) is 26.4. The molecule has 2 atom stereocenters. The summed E-state index contributed by atoms with van der Waals surface area (Å²) in [4.78, 5) is 16.6. The van der Waals surface area contributed by atoms with Gasteiger partial charge < -0.3 is 9.47 Å². The maximum atomic E-state index is 16.6. The van der Waals surface area contributed by atoms with Gasteiger partial charge in [0.25, 0.3) is 5.60 Å². The van der Waals surface area contributed by atoms with E-state index in [2.05, 4.69) is 37.3 Å². The number of hydrogen-bond acceptors (Lipinski definition) is 4. The SMILES string of the molecule is CCOC(=O)[C@@]1(C#N)O[C@H](c2ccc(C)cc2)C23c4c5c6c7c8c9c(c%10c%11c2c2c4c4c%12c5c5c6c6c8c8c%13c9c9c%10c%10c%11c%11c2c2c4c4c%12c%12c5c5c6c8c6c8c%13c9c9c%10c%10c%11c2c2c4c4c%12c5c6c5c8c9c%10c2c45)C731. The third kappa shape index (κ3) is 1.66. The Labute approximate surface area is 420 Å². The first-order chi connectivity index (χ1) is 38.1. The quantitative estimate of drug-likeness (QED) is 0.131. The third-order valence-electron chi connectivity index (χ3n) is 26.7. The van der Waals surface area contributed by atoms with Gasteiger partial charge >= 0.3 is 5.97 Å². The van der Waals surface area contributed by atoms with Gasteiger partial charge in [0, 0.05) is 0 Å². The second-order valence-corrected chi connectivity index (χ2v) is 27.2. The minimum atomic E-state index is -2.05. The van der Waals surface area contributed by atoms with Gasteiger partial charge in [0.2, 0.25) is 0 Å². The Bertz CT molecular complexity index is 7580. The number of nitriles is 1. The maximum absolute atomic E-state index is 16.6. The first-order valence-corrected chi connectivity index (χ1v) is 28.2. The zero-order valence-corrected chi connectivity index (χ0v) is 39.8. The molecule has 29 aromatic rings.